The maximum atomic E-state index is 9.89. The van der Waals surface area contributed by atoms with Crippen molar-refractivity contribution in [2.75, 3.05) is 13.1 Å². The number of fused-ring (bicyclic) bond motifs is 2. The molecule has 1 aliphatic heterocycles. The number of para-hydroxylation sites is 1. The quantitative estimate of drug-likeness (QED) is 0.383. The Morgan fingerprint density at radius 3 is 2.75 bits per heavy atom. The molecule has 1 fully saturated rings. The highest BCUT2D eigenvalue weighted by atomic mass is 16.3. The van der Waals surface area contributed by atoms with E-state index in [1.54, 1.807) is 0 Å². The fourth-order valence-corrected chi connectivity index (χ4v) is 3.22. The van der Waals surface area contributed by atoms with Gasteiger partial charge in [0.25, 0.3) is 0 Å². The van der Waals surface area contributed by atoms with Crippen LogP contribution in [0.5, 0.6) is 11.5 Å². The Kier molecular flexibility index (Phi) is 3.78. The Morgan fingerprint density at radius 1 is 1.08 bits per heavy atom. The third-order valence-electron chi connectivity index (χ3n) is 4.50. The van der Waals surface area contributed by atoms with Crippen molar-refractivity contribution in [3.63, 3.8) is 0 Å². The molecule has 0 bridgehead atoms. The molecule has 1 aliphatic rings. The Balaban J connectivity index is 1.91. The zero-order valence-corrected chi connectivity index (χ0v) is 13.2. The van der Waals surface area contributed by atoms with Gasteiger partial charge in [0.1, 0.15) is 0 Å². The summed E-state index contributed by atoms with van der Waals surface area (Å²) in [5.74, 6) is 0.0819. The van der Waals surface area contributed by atoms with E-state index < -0.39 is 0 Å². The molecular formula is C19H19N3O2. The summed E-state index contributed by atoms with van der Waals surface area (Å²) >= 11 is 0. The number of aliphatic imine (C=N–C) groups is 1. The van der Waals surface area contributed by atoms with E-state index in [-0.39, 0.29) is 11.5 Å². The summed E-state index contributed by atoms with van der Waals surface area (Å²) in [6.07, 6.45) is 4.28. The number of nitrogens with one attached hydrogen (secondary N) is 1. The first-order valence-electron chi connectivity index (χ1n) is 8.22. The first kappa shape index (κ1) is 14.9. The lowest BCUT2D eigenvalue weighted by Gasteiger charge is -2.18. The summed E-state index contributed by atoms with van der Waals surface area (Å²) in [6, 6.07) is 10.8. The molecule has 0 saturated carbocycles. The number of pyridine rings is 1. The molecule has 122 valence electrons. The Bertz CT molecular complexity index is 931. The number of aromatic nitrogens is 1. The van der Waals surface area contributed by atoms with E-state index in [4.69, 9.17) is 4.99 Å². The predicted octanol–water partition coefficient (Wildman–Crippen LogP) is 3.50. The number of hydrogen-bond acceptors (Lipinski definition) is 5. The predicted molar refractivity (Wildman–Crippen MR) is 96.3 cm³/mol. The molecule has 4 rings (SSSR count). The highest BCUT2D eigenvalue weighted by molar-refractivity contribution is 6.07. The van der Waals surface area contributed by atoms with Crippen LogP contribution < -0.4 is 5.32 Å². The molecule has 24 heavy (non-hydrogen) atoms. The Labute approximate surface area is 139 Å². The molecular weight excluding hydrogens is 302 g/mol. The highest BCUT2D eigenvalue weighted by Gasteiger charge is 2.13. The van der Waals surface area contributed by atoms with E-state index in [0.29, 0.717) is 11.4 Å². The highest BCUT2D eigenvalue weighted by Crippen LogP contribution is 2.38. The van der Waals surface area contributed by atoms with Crippen LogP contribution in [0.2, 0.25) is 0 Å². The van der Waals surface area contributed by atoms with Crippen LogP contribution in [0.4, 0.5) is 5.69 Å². The monoisotopic (exact) mass is 321 g/mol. The van der Waals surface area contributed by atoms with Crippen LogP contribution in [0.3, 0.4) is 0 Å². The fourth-order valence-electron chi connectivity index (χ4n) is 3.22. The van der Waals surface area contributed by atoms with Crippen molar-refractivity contribution in [3.8, 4) is 11.5 Å². The number of aromatic hydroxyl groups is 2. The summed E-state index contributed by atoms with van der Waals surface area (Å²) in [6.45, 7) is 2.01. The van der Waals surface area contributed by atoms with Crippen LogP contribution in [-0.4, -0.2) is 34.5 Å². The molecule has 1 unspecified atom stereocenters. The third-order valence-corrected chi connectivity index (χ3v) is 4.50. The molecule has 1 saturated heterocycles. The van der Waals surface area contributed by atoms with Gasteiger partial charge in [-0.15, -0.1) is 0 Å². The number of piperidine rings is 1. The normalized spacial score (nSPS) is 18.6. The second-order valence-electron chi connectivity index (χ2n) is 6.22. The minimum atomic E-state index is -0.170. The first-order valence-corrected chi connectivity index (χ1v) is 8.22. The average molecular weight is 321 g/mol. The van der Waals surface area contributed by atoms with E-state index in [1.807, 2.05) is 30.5 Å². The summed E-state index contributed by atoms with van der Waals surface area (Å²) in [7, 11) is 0. The van der Waals surface area contributed by atoms with Crippen molar-refractivity contribution < 1.29 is 10.2 Å². The van der Waals surface area contributed by atoms with Crippen LogP contribution in [-0.2, 0) is 0 Å². The number of hydrogen-bond donors (Lipinski definition) is 3. The maximum absolute atomic E-state index is 9.89. The smallest absolute Gasteiger partial charge is 0.159 e. The maximum Gasteiger partial charge on any atom is 0.159 e. The minimum absolute atomic E-state index is 0.157. The Hall–Kier alpha value is -2.66. The van der Waals surface area contributed by atoms with Crippen molar-refractivity contribution >= 4 is 33.7 Å². The summed E-state index contributed by atoms with van der Waals surface area (Å²) < 4.78 is 0. The molecule has 2 aromatic carbocycles. The van der Waals surface area contributed by atoms with Crippen molar-refractivity contribution in [2.24, 2.45) is 10.9 Å². The average Bonchev–Trinajstić information content (AvgIpc) is 2.61. The van der Waals surface area contributed by atoms with E-state index in [9.17, 15) is 10.2 Å². The van der Waals surface area contributed by atoms with Crippen LogP contribution in [0, 0.1) is 5.92 Å². The van der Waals surface area contributed by atoms with E-state index in [0.717, 1.165) is 47.9 Å². The number of nitrogens with zero attached hydrogens (tertiary/aromatic N) is 2. The van der Waals surface area contributed by atoms with Crippen LogP contribution in [0.25, 0.3) is 21.8 Å². The third kappa shape index (κ3) is 2.67. The van der Waals surface area contributed by atoms with Gasteiger partial charge < -0.3 is 15.5 Å². The van der Waals surface area contributed by atoms with Crippen molar-refractivity contribution in [2.45, 2.75) is 12.8 Å². The Morgan fingerprint density at radius 2 is 1.92 bits per heavy atom. The van der Waals surface area contributed by atoms with Gasteiger partial charge in [0.15, 0.2) is 11.5 Å². The zero-order valence-electron chi connectivity index (χ0n) is 13.2. The standard InChI is InChI=1S/C19H19N3O2/c23-17-8-14-16(9-18(17)24)22-15-6-2-1-5-13(15)19(14)21-11-12-4-3-7-20-10-12/h1-2,5-6,8-9,11-12,20,23-24H,3-4,7,10H2. The van der Waals surface area contributed by atoms with Gasteiger partial charge in [-0.25, -0.2) is 4.98 Å². The van der Waals surface area contributed by atoms with Crippen molar-refractivity contribution in [1.29, 1.82) is 0 Å². The molecule has 0 spiro atoms. The van der Waals surface area contributed by atoms with Gasteiger partial charge in [-0.1, -0.05) is 18.2 Å². The summed E-state index contributed by atoms with van der Waals surface area (Å²) in [4.78, 5) is 9.34. The van der Waals surface area contributed by atoms with Gasteiger partial charge in [0, 0.05) is 35.5 Å². The number of benzene rings is 2. The lowest BCUT2D eigenvalue weighted by Crippen LogP contribution is -2.30. The molecule has 1 aromatic heterocycles. The van der Waals surface area contributed by atoms with E-state index in [2.05, 4.69) is 10.3 Å². The van der Waals surface area contributed by atoms with E-state index in [1.165, 1.54) is 12.1 Å². The van der Waals surface area contributed by atoms with Gasteiger partial charge in [-0.3, -0.25) is 4.99 Å². The SMILES string of the molecule is Oc1cc2nc3ccccc3c(N=CC3CCCNC3)c2cc1O. The second kappa shape index (κ2) is 6.09. The second-order valence-corrected chi connectivity index (χ2v) is 6.22. The van der Waals surface area contributed by atoms with Crippen molar-refractivity contribution in [3.05, 3.63) is 36.4 Å². The lowest BCUT2D eigenvalue weighted by atomic mass is 10.0. The zero-order chi connectivity index (χ0) is 16.5. The van der Waals surface area contributed by atoms with E-state index >= 15 is 0 Å². The molecule has 0 radical (unpaired) electrons. The molecule has 3 aromatic rings. The van der Waals surface area contributed by atoms with Crippen LogP contribution in [0.15, 0.2) is 41.4 Å². The topological polar surface area (TPSA) is 77.7 Å². The van der Waals surface area contributed by atoms with Gasteiger partial charge in [-0.2, -0.15) is 0 Å². The first-order chi connectivity index (χ1) is 11.7. The number of phenolic OH excluding ortho intramolecular Hbond substituents is 2. The molecule has 0 amide bonds. The largest absolute Gasteiger partial charge is 0.504 e. The fraction of sp³-hybridized carbons (Fsp3) is 0.263. The lowest BCUT2D eigenvalue weighted by molar-refractivity contribution is 0.405. The number of phenols is 2. The minimum Gasteiger partial charge on any atom is -0.504 e. The molecule has 3 N–H and O–H groups in total. The molecule has 5 nitrogen and oxygen atoms in total. The van der Waals surface area contributed by atoms with Gasteiger partial charge in [0.2, 0.25) is 0 Å². The summed E-state index contributed by atoms with van der Waals surface area (Å²) in [5.41, 5.74) is 2.23. The summed E-state index contributed by atoms with van der Waals surface area (Å²) in [5, 5.41) is 24.7. The molecule has 1 atom stereocenters. The van der Waals surface area contributed by atoms with Gasteiger partial charge in [-0.05, 0) is 31.5 Å². The molecule has 0 aliphatic carbocycles. The van der Waals surface area contributed by atoms with Crippen LogP contribution in [0.1, 0.15) is 12.8 Å². The molecule has 2 heterocycles. The van der Waals surface area contributed by atoms with Crippen molar-refractivity contribution in [1.82, 2.24) is 10.3 Å². The van der Waals surface area contributed by atoms with Gasteiger partial charge >= 0.3 is 0 Å². The van der Waals surface area contributed by atoms with Crippen LogP contribution >= 0.6 is 0 Å². The molecule has 5 heteroatoms. The van der Waals surface area contributed by atoms with Gasteiger partial charge in [0.05, 0.1) is 16.7 Å². The number of rotatable bonds is 2.